The lowest BCUT2D eigenvalue weighted by atomic mass is 10.00. The van der Waals surface area contributed by atoms with Gasteiger partial charge in [-0.05, 0) is 50.0 Å². The second-order valence-corrected chi connectivity index (χ2v) is 5.20. The first kappa shape index (κ1) is 14.2. The molecule has 0 radical (unpaired) electrons. The van der Waals surface area contributed by atoms with Gasteiger partial charge in [0.05, 0.1) is 0 Å². The van der Waals surface area contributed by atoms with Crippen LogP contribution >= 0.6 is 11.6 Å². The number of nitrogens with one attached hydrogen (secondary N) is 2. The highest BCUT2D eigenvalue weighted by atomic mass is 35.5. The Hall–Kier alpha value is -1.26. The first-order valence-corrected chi connectivity index (χ1v) is 6.97. The molecule has 0 saturated carbocycles. The number of benzene rings is 1. The highest BCUT2D eigenvalue weighted by molar-refractivity contribution is 6.30. The first-order chi connectivity index (χ1) is 9.24. The van der Waals surface area contributed by atoms with Crippen LogP contribution in [0.25, 0.3) is 0 Å². The van der Waals surface area contributed by atoms with Gasteiger partial charge in [0.2, 0.25) is 0 Å². The Morgan fingerprint density at radius 1 is 1.53 bits per heavy atom. The average Bonchev–Trinajstić information content (AvgIpc) is 2.44. The second kappa shape index (κ2) is 7.36. The standard InChI is InChI=1S/C14H19ClN2O2/c15-12-4-1-5-13(7-12)19-10-14(18)17-9-11-3-2-6-16-8-11/h1,4-5,7,11,16H,2-3,6,8-10H2,(H,17,18). The molecule has 2 rings (SSSR count). The molecule has 1 aliphatic rings. The molecule has 2 N–H and O–H groups in total. The summed E-state index contributed by atoms with van der Waals surface area (Å²) in [6.07, 6.45) is 2.35. The maximum atomic E-state index is 11.7. The van der Waals surface area contributed by atoms with Gasteiger partial charge in [0, 0.05) is 11.6 Å². The SMILES string of the molecule is O=C(COc1cccc(Cl)c1)NCC1CCCNC1. The Kier molecular flexibility index (Phi) is 5.48. The predicted molar refractivity (Wildman–Crippen MR) is 75.6 cm³/mol. The zero-order valence-corrected chi connectivity index (χ0v) is 11.6. The van der Waals surface area contributed by atoms with Gasteiger partial charge in [-0.25, -0.2) is 0 Å². The normalized spacial score (nSPS) is 18.9. The molecule has 1 aliphatic heterocycles. The summed E-state index contributed by atoms with van der Waals surface area (Å²) in [5.41, 5.74) is 0. The second-order valence-electron chi connectivity index (χ2n) is 4.76. The van der Waals surface area contributed by atoms with Crippen molar-refractivity contribution in [2.24, 2.45) is 5.92 Å². The molecular formula is C14H19ClN2O2. The van der Waals surface area contributed by atoms with Crippen LogP contribution in [0.2, 0.25) is 5.02 Å². The van der Waals surface area contributed by atoms with Gasteiger partial charge in [0.1, 0.15) is 5.75 Å². The molecule has 4 nitrogen and oxygen atoms in total. The number of amides is 1. The Morgan fingerprint density at radius 3 is 3.16 bits per heavy atom. The number of halogens is 1. The van der Waals surface area contributed by atoms with Crippen molar-refractivity contribution in [1.29, 1.82) is 0 Å². The monoisotopic (exact) mass is 282 g/mol. The summed E-state index contributed by atoms with van der Waals surface area (Å²) in [5, 5.41) is 6.83. The maximum Gasteiger partial charge on any atom is 0.257 e. The fourth-order valence-corrected chi connectivity index (χ4v) is 2.29. The van der Waals surface area contributed by atoms with Crippen LogP contribution in [-0.2, 0) is 4.79 Å². The number of rotatable bonds is 5. The van der Waals surface area contributed by atoms with Crippen molar-refractivity contribution in [3.8, 4) is 5.75 Å². The third-order valence-corrected chi connectivity index (χ3v) is 3.39. The Balaban J connectivity index is 1.66. The molecule has 1 aromatic rings. The zero-order chi connectivity index (χ0) is 13.5. The van der Waals surface area contributed by atoms with E-state index >= 15 is 0 Å². The summed E-state index contributed by atoms with van der Waals surface area (Å²) < 4.78 is 5.38. The minimum atomic E-state index is -0.0921. The summed E-state index contributed by atoms with van der Waals surface area (Å²) >= 11 is 5.84. The summed E-state index contributed by atoms with van der Waals surface area (Å²) in [7, 11) is 0. The smallest absolute Gasteiger partial charge is 0.257 e. The van der Waals surface area contributed by atoms with E-state index in [9.17, 15) is 4.79 Å². The molecule has 1 saturated heterocycles. The van der Waals surface area contributed by atoms with Crippen LogP contribution in [0.15, 0.2) is 24.3 Å². The molecule has 0 bridgehead atoms. The Morgan fingerprint density at radius 2 is 2.42 bits per heavy atom. The third-order valence-electron chi connectivity index (χ3n) is 3.15. The molecule has 19 heavy (non-hydrogen) atoms. The van der Waals surface area contributed by atoms with Gasteiger partial charge in [0.15, 0.2) is 6.61 Å². The van der Waals surface area contributed by atoms with Gasteiger partial charge < -0.3 is 15.4 Å². The van der Waals surface area contributed by atoms with Gasteiger partial charge in [-0.1, -0.05) is 17.7 Å². The molecule has 1 unspecified atom stereocenters. The van der Waals surface area contributed by atoms with Crippen LogP contribution in [0.3, 0.4) is 0 Å². The van der Waals surface area contributed by atoms with Crippen molar-refractivity contribution < 1.29 is 9.53 Å². The molecule has 1 fully saturated rings. The molecule has 1 atom stereocenters. The Bertz CT molecular complexity index is 420. The minimum Gasteiger partial charge on any atom is -0.484 e. The Labute approximate surface area is 118 Å². The van der Waals surface area contributed by atoms with Crippen LogP contribution in [-0.4, -0.2) is 32.1 Å². The van der Waals surface area contributed by atoms with Crippen molar-refractivity contribution in [1.82, 2.24) is 10.6 Å². The molecule has 1 heterocycles. The molecule has 0 aromatic heterocycles. The molecule has 0 spiro atoms. The fraction of sp³-hybridized carbons (Fsp3) is 0.500. The third kappa shape index (κ3) is 5.09. The van der Waals surface area contributed by atoms with Crippen LogP contribution < -0.4 is 15.4 Å². The van der Waals surface area contributed by atoms with Crippen molar-refractivity contribution in [2.45, 2.75) is 12.8 Å². The quantitative estimate of drug-likeness (QED) is 0.866. The number of ether oxygens (including phenoxy) is 1. The van der Waals surface area contributed by atoms with Gasteiger partial charge >= 0.3 is 0 Å². The van der Waals surface area contributed by atoms with E-state index in [4.69, 9.17) is 16.3 Å². The molecule has 104 valence electrons. The van der Waals surface area contributed by atoms with Gasteiger partial charge in [0.25, 0.3) is 5.91 Å². The number of piperidine rings is 1. The largest absolute Gasteiger partial charge is 0.484 e. The van der Waals surface area contributed by atoms with E-state index in [0.717, 1.165) is 13.1 Å². The number of hydrogen-bond acceptors (Lipinski definition) is 3. The predicted octanol–water partition coefficient (Wildman–Crippen LogP) is 1.83. The summed E-state index contributed by atoms with van der Waals surface area (Å²) in [4.78, 5) is 11.7. The van der Waals surface area contributed by atoms with Crippen LogP contribution in [0, 0.1) is 5.92 Å². The average molecular weight is 283 g/mol. The topological polar surface area (TPSA) is 50.4 Å². The lowest BCUT2D eigenvalue weighted by Crippen LogP contribution is -2.39. The van der Waals surface area contributed by atoms with Crippen molar-refractivity contribution in [3.63, 3.8) is 0 Å². The van der Waals surface area contributed by atoms with Crippen molar-refractivity contribution in [2.75, 3.05) is 26.2 Å². The number of carbonyl (C=O) groups excluding carboxylic acids is 1. The van der Waals surface area contributed by atoms with Crippen molar-refractivity contribution >= 4 is 17.5 Å². The van der Waals surface area contributed by atoms with Crippen LogP contribution in [0.1, 0.15) is 12.8 Å². The lowest BCUT2D eigenvalue weighted by Gasteiger charge is -2.22. The van der Waals surface area contributed by atoms with E-state index in [1.165, 1.54) is 12.8 Å². The van der Waals surface area contributed by atoms with E-state index in [2.05, 4.69) is 10.6 Å². The van der Waals surface area contributed by atoms with E-state index in [1.54, 1.807) is 24.3 Å². The highest BCUT2D eigenvalue weighted by Gasteiger charge is 2.13. The molecule has 5 heteroatoms. The van der Waals surface area contributed by atoms with Crippen LogP contribution in [0.4, 0.5) is 0 Å². The minimum absolute atomic E-state index is 0.0283. The summed E-state index contributed by atoms with van der Waals surface area (Å²) in [6.45, 7) is 2.81. The molecule has 1 amide bonds. The van der Waals surface area contributed by atoms with Gasteiger partial charge in [-0.15, -0.1) is 0 Å². The van der Waals surface area contributed by atoms with E-state index in [1.807, 2.05) is 0 Å². The van der Waals surface area contributed by atoms with E-state index < -0.39 is 0 Å². The van der Waals surface area contributed by atoms with Crippen LogP contribution in [0.5, 0.6) is 5.75 Å². The zero-order valence-electron chi connectivity index (χ0n) is 10.8. The number of hydrogen-bond donors (Lipinski definition) is 2. The highest BCUT2D eigenvalue weighted by Crippen LogP contribution is 2.16. The van der Waals surface area contributed by atoms with E-state index in [0.29, 0.717) is 23.2 Å². The fourth-order valence-electron chi connectivity index (χ4n) is 2.11. The maximum absolute atomic E-state index is 11.7. The lowest BCUT2D eigenvalue weighted by molar-refractivity contribution is -0.123. The molecule has 1 aromatic carbocycles. The van der Waals surface area contributed by atoms with Gasteiger partial charge in [-0.2, -0.15) is 0 Å². The number of carbonyl (C=O) groups is 1. The first-order valence-electron chi connectivity index (χ1n) is 6.60. The van der Waals surface area contributed by atoms with Crippen molar-refractivity contribution in [3.05, 3.63) is 29.3 Å². The molecule has 0 aliphatic carbocycles. The summed E-state index contributed by atoms with van der Waals surface area (Å²) in [6, 6.07) is 7.04. The molecular weight excluding hydrogens is 264 g/mol. The van der Waals surface area contributed by atoms with E-state index in [-0.39, 0.29) is 12.5 Å². The van der Waals surface area contributed by atoms with Gasteiger partial charge in [-0.3, -0.25) is 4.79 Å². The summed E-state index contributed by atoms with van der Waals surface area (Å²) in [5.74, 6) is 1.05.